The Morgan fingerprint density at radius 1 is 0.886 bits per heavy atom. The molecular weight excluding hydrogens is 485 g/mol. The van der Waals surface area contributed by atoms with Gasteiger partial charge in [-0.1, -0.05) is 54.2 Å². The van der Waals surface area contributed by atoms with E-state index in [4.69, 9.17) is 23.2 Å². The highest BCUT2D eigenvalue weighted by molar-refractivity contribution is 6.42. The van der Waals surface area contributed by atoms with Crippen molar-refractivity contribution in [2.45, 2.75) is 57.5 Å². The predicted octanol–water partition coefficient (Wildman–Crippen LogP) is 5.01. The molecule has 2 N–H and O–H groups in total. The summed E-state index contributed by atoms with van der Waals surface area (Å²) in [5.74, 6) is -0.601. The molecule has 0 unspecified atom stereocenters. The van der Waals surface area contributed by atoms with E-state index in [9.17, 15) is 14.4 Å². The van der Waals surface area contributed by atoms with Gasteiger partial charge in [-0.05, 0) is 62.4 Å². The molecule has 3 atom stereocenters. The highest BCUT2D eigenvalue weighted by Crippen LogP contribution is 2.26. The average molecular weight is 516 g/mol. The molecule has 186 valence electrons. The number of benzene rings is 2. The Morgan fingerprint density at radius 3 is 2.31 bits per heavy atom. The fourth-order valence-corrected chi connectivity index (χ4v) is 5.34. The van der Waals surface area contributed by atoms with Gasteiger partial charge in [0.25, 0.3) is 11.8 Å². The molecule has 2 aromatic rings. The summed E-state index contributed by atoms with van der Waals surface area (Å²) >= 11 is 12.1. The van der Waals surface area contributed by atoms with Crippen LogP contribution in [-0.4, -0.2) is 47.8 Å². The number of likely N-dealkylation sites (tertiary alicyclic amines) is 1. The maximum Gasteiger partial charge on any atom is 0.253 e. The number of hydrogen-bond donors (Lipinski definition) is 2. The molecule has 0 radical (unpaired) electrons. The molecule has 2 fully saturated rings. The van der Waals surface area contributed by atoms with Crippen LogP contribution in [0.2, 0.25) is 10.0 Å². The number of carbonyl (C=O) groups excluding carboxylic acids is 3. The maximum absolute atomic E-state index is 13.2. The molecule has 1 aliphatic heterocycles. The zero-order valence-corrected chi connectivity index (χ0v) is 21.4. The summed E-state index contributed by atoms with van der Waals surface area (Å²) in [6, 6.07) is 12.1. The second-order valence-electron chi connectivity index (χ2n) is 9.51. The lowest BCUT2D eigenvalue weighted by atomic mass is 9.88. The van der Waals surface area contributed by atoms with Gasteiger partial charge in [-0.2, -0.15) is 0 Å². The molecule has 1 heterocycles. The fourth-order valence-electron chi connectivity index (χ4n) is 5.04. The monoisotopic (exact) mass is 515 g/mol. The van der Waals surface area contributed by atoms with Crippen molar-refractivity contribution in [1.82, 2.24) is 15.5 Å². The Labute approximate surface area is 216 Å². The summed E-state index contributed by atoms with van der Waals surface area (Å²) in [6.45, 7) is 2.88. The van der Waals surface area contributed by atoms with Crippen molar-refractivity contribution in [3.05, 3.63) is 69.2 Å². The van der Waals surface area contributed by atoms with Crippen LogP contribution >= 0.6 is 23.2 Å². The number of amides is 3. The minimum Gasteiger partial charge on any atom is -0.351 e. The van der Waals surface area contributed by atoms with Crippen molar-refractivity contribution in [3.8, 4) is 0 Å². The van der Waals surface area contributed by atoms with Crippen LogP contribution in [0.15, 0.2) is 42.5 Å². The van der Waals surface area contributed by atoms with Gasteiger partial charge in [0.2, 0.25) is 5.91 Å². The van der Waals surface area contributed by atoms with Gasteiger partial charge in [0.05, 0.1) is 16.0 Å². The molecule has 3 amide bonds. The number of rotatable bonds is 5. The van der Waals surface area contributed by atoms with Gasteiger partial charge in [0, 0.05) is 36.3 Å². The maximum atomic E-state index is 13.2. The number of aryl methyl sites for hydroxylation is 1. The molecule has 8 heteroatoms. The Morgan fingerprint density at radius 2 is 1.60 bits per heavy atom. The van der Waals surface area contributed by atoms with E-state index in [1.54, 1.807) is 23.1 Å². The van der Waals surface area contributed by atoms with E-state index in [-0.39, 0.29) is 35.7 Å². The first kappa shape index (κ1) is 25.5. The minimum absolute atomic E-state index is 0.0568. The van der Waals surface area contributed by atoms with Crippen LogP contribution in [0.3, 0.4) is 0 Å². The number of nitrogens with one attached hydrogen (secondary N) is 2. The van der Waals surface area contributed by atoms with Crippen LogP contribution in [0, 0.1) is 12.8 Å². The molecule has 4 rings (SSSR count). The molecule has 35 heavy (non-hydrogen) atoms. The van der Waals surface area contributed by atoms with Crippen molar-refractivity contribution < 1.29 is 14.4 Å². The van der Waals surface area contributed by atoms with E-state index < -0.39 is 0 Å². The van der Waals surface area contributed by atoms with Gasteiger partial charge in [-0.25, -0.2) is 0 Å². The van der Waals surface area contributed by atoms with Crippen molar-refractivity contribution in [2.75, 3.05) is 13.1 Å². The van der Waals surface area contributed by atoms with Gasteiger partial charge in [-0.15, -0.1) is 0 Å². The van der Waals surface area contributed by atoms with Crippen LogP contribution < -0.4 is 10.6 Å². The molecular formula is C27H31Cl2N3O3. The SMILES string of the molecule is Cc1ccccc1C(=O)N[C@@H]1CCCC[C@H]1NC(=O)[C@@H]1CCCN(C(=O)c2ccc(Cl)c(Cl)c2)C1. The molecule has 0 aromatic heterocycles. The topological polar surface area (TPSA) is 78.5 Å². The van der Waals surface area contributed by atoms with E-state index in [0.29, 0.717) is 34.3 Å². The number of piperidine rings is 1. The average Bonchev–Trinajstić information content (AvgIpc) is 2.86. The third-order valence-corrected chi connectivity index (χ3v) is 7.78. The second-order valence-corrected chi connectivity index (χ2v) is 10.3. The molecule has 1 saturated heterocycles. The lowest BCUT2D eigenvalue weighted by Gasteiger charge is -2.36. The molecule has 6 nitrogen and oxygen atoms in total. The van der Waals surface area contributed by atoms with Crippen LogP contribution in [0.5, 0.6) is 0 Å². The van der Waals surface area contributed by atoms with E-state index in [1.165, 1.54) is 0 Å². The van der Waals surface area contributed by atoms with E-state index in [1.807, 2.05) is 31.2 Å². The summed E-state index contributed by atoms with van der Waals surface area (Å²) in [4.78, 5) is 40.8. The molecule has 2 aliphatic rings. The van der Waals surface area contributed by atoms with Crippen LogP contribution in [0.4, 0.5) is 0 Å². The van der Waals surface area contributed by atoms with Gasteiger partial charge >= 0.3 is 0 Å². The number of carbonyl (C=O) groups is 3. The minimum atomic E-state index is -0.287. The second kappa shape index (κ2) is 11.4. The highest BCUT2D eigenvalue weighted by Gasteiger charge is 2.33. The quantitative estimate of drug-likeness (QED) is 0.587. The van der Waals surface area contributed by atoms with Gasteiger partial charge in [0.1, 0.15) is 0 Å². The van der Waals surface area contributed by atoms with Crippen LogP contribution in [0.25, 0.3) is 0 Å². The number of halogens is 2. The summed E-state index contributed by atoms with van der Waals surface area (Å²) in [5.41, 5.74) is 2.05. The highest BCUT2D eigenvalue weighted by atomic mass is 35.5. The Kier molecular flexibility index (Phi) is 8.34. The Hall–Kier alpha value is -2.57. The molecule has 1 saturated carbocycles. The van der Waals surface area contributed by atoms with E-state index >= 15 is 0 Å². The van der Waals surface area contributed by atoms with E-state index in [2.05, 4.69) is 10.6 Å². The summed E-state index contributed by atoms with van der Waals surface area (Å²) in [6.07, 6.45) is 5.15. The summed E-state index contributed by atoms with van der Waals surface area (Å²) < 4.78 is 0. The molecule has 2 aromatic carbocycles. The van der Waals surface area contributed by atoms with E-state index in [0.717, 1.165) is 44.1 Å². The Bertz CT molecular complexity index is 1110. The fraction of sp³-hybridized carbons (Fsp3) is 0.444. The first-order valence-electron chi connectivity index (χ1n) is 12.2. The first-order valence-corrected chi connectivity index (χ1v) is 13.0. The van der Waals surface area contributed by atoms with Gasteiger partial charge in [0.15, 0.2) is 0 Å². The number of hydrogen-bond acceptors (Lipinski definition) is 3. The van der Waals surface area contributed by atoms with Crippen molar-refractivity contribution in [2.24, 2.45) is 5.92 Å². The van der Waals surface area contributed by atoms with Crippen molar-refractivity contribution >= 4 is 40.9 Å². The lowest BCUT2D eigenvalue weighted by Crippen LogP contribution is -2.55. The molecule has 1 aliphatic carbocycles. The van der Waals surface area contributed by atoms with Gasteiger partial charge < -0.3 is 15.5 Å². The van der Waals surface area contributed by atoms with Crippen LogP contribution in [0.1, 0.15) is 64.8 Å². The molecule has 0 bridgehead atoms. The first-order chi connectivity index (χ1) is 16.8. The number of nitrogens with zero attached hydrogens (tertiary/aromatic N) is 1. The third kappa shape index (κ3) is 6.17. The smallest absolute Gasteiger partial charge is 0.253 e. The predicted molar refractivity (Wildman–Crippen MR) is 138 cm³/mol. The standard InChI is InChI=1S/C27H31Cl2N3O3/c1-17-7-2-3-9-20(17)26(34)31-24-11-5-4-10-23(24)30-25(33)19-8-6-14-32(16-19)27(35)18-12-13-21(28)22(29)15-18/h2-3,7,9,12-13,15,19,23-24H,4-6,8,10-11,14,16H2,1H3,(H,30,33)(H,31,34)/t19-,23-,24-/m1/s1. The zero-order chi connectivity index (χ0) is 24.9. The molecule has 0 spiro atoms. The van der Waals surface area contributed by atoms with Crippen molar-refractivity contribution in [3.63, 3.8) is 0 Å². The third-order valence-electron chi connectivity index (χ3n) is 7.05. The van der Waals surface area contributed by atoms with Crippen molar-refractivity contribution in [1.29, 1.82) is 0 Å². The summed E-state index contributed by atoms with van der Waals surface area (Å²) in [5, 5.41) is 7.08. The lowest BCUT2D eigenvalue weighted by molar-refractivity contribution is -0.127. The van der Waals surface area contributed by atoms with Crippen LogP contribution in [-0.2, 0) is 4.79 Å². The summed E-state index contributed by atoms with van der Waals surface area (Å²) in [7, 11) is 0. The van der Waals surface area contributed by atoms with Gasteiger partial charge in [-0.3, -0.25) is 14.4 Å². The largest absolute Gasteiger partial charge is 0.351 e. The normalized spacial score (nSPS) is 22.4. The Balaban J connectivity index is 1.38. The zero-order valence-electron chi connectivity index (χ0n) is 19.9.